The van der Waals surface area contributed by atoms with Gasteiger partial charge >= 0.3 is 0 Å². The van der Waals surface area contributed by atoms with Gasteiger partial charge in [-0.1, -0.05) is 6.92 Å². The second-order valence-electron chi connectivity index (χ2n) is 3.28. The monoisotopic (exact) mass is 146 g/mol. The van der Waals surface area contributed by atoms with Crippen LogP contribution in [0.1, 0.15) is 20.3 Å². The fraction of sp³-hybridized carbons (Fsp3) is 1.00. The molecule has 0 aromatic carbocycles. The van der Waals surface area contributed by atoms with E-state index in [1.54, 1.807) is 0 Å². The molecule has 62 valence electrons. The van der Waals surface area contributed by atoms with Crippen molar-refractivity contribution in [2.45, 2.75) is 20.3 Å². The highest BCUT2D eigenvalue weighted by Crippen LogP contribution is 1.98. The van der Waals surface area contributed by atoms with E-state index in [1.165, 1.54) is 13.0 Å². The Hall–Kier alpha value is -0.0800. The maximum Gasteiger partial charge on any atom is 0.182 e. The third-order valence-corrected chi connectivity index (χ3v) is 1.47. The van der Waals surface area contributed by atoms with Crippen molar-refractivity contribution in [3.05, 3.63) is 0 Å². The maximum absolute atomic E-state index is 5.32. The molecule has 0 radical (unpaired) electrons. The van der Waals surface area contributed by atoms with Crippen LogP contribution < -0.4 is 0 Å². The highest BCUT2D eigenvalue weighted by Gasteiger charge is 2.11. The molecule has 0 aliphatic carbocycles. The van der Waals surface area contributed by atoms with Crippen LogP contribution in [0.5, 0.6) is 0 Å². The molecule has 0 N–H and O–H groups in total. The van der Waals surface area contributed by atoms with Gasteiger partial charge in [-0.05, 0) is 13.3 Å². The van der Waals surface area contributed by atoms with Gasteiger partial charge in [0.1, 0.15) is 0 Å². The molecule has 0 bridgehead atoms. The summed E-state index contributed by atoms with van der Waals surface area (Å²) in [5, 5.41) is 0. The van der Waals surface area contributed by atoms with Gasteiger partial charge in [0.2, 0.25) is 0 Å². The second kappa shape index (κ2) is 4.69. The summed E-state index contributed by atoms with van der Waals surface area (Å²) in [6.07, 6.45) is 1.22. The van der Waals surface area contributed by atoms with Gasteiger partial charge in [0.15, 0.2) is 6.73 Å². The quantitative estimate of drug-likeness (QED) is 0.421. The average molecular weight is 146 g/mol. The zero-order valence-electron chi connectivity index (χ0n) is 7.68. The number of hydrogen-bond donors (Lipinski definition) is 0. The Kier molecular flexibility index (Phi) is 4.65. The predicted molar refractivity (Wildman–Crippen MR) is 43.8 cm³/mol. The molecule has 0 rings (SSSR count). The third kappa shape index (κ3) is 4.77. The van der Waals surface area contributed by atoms with Crippen LogP contribution >= 0.6 is 0 Å². The van der Waals surface area contributed by atoms with E-state index in [-0.39, 0.29) is 0 Å². The molecule has 0 atom stereocenters. The highest BCUT2D eigenvalue weighted by atomic mass is 16.5. The van der Waals surface area contributed by atoms with E-state index < -0.39 is 0 Å². The lowest BCUT2D eigenvalue weighted by molar-refractivity contribution is -0.909. The van der Waals surface area contributed by atoms with Crippen LogP contribution in [0.2, 0.25) is 0 Å². The van der Waals surface area contributed by atoms with Gasteiger partial charge in [0.25, 0.3) is 0 Å². The zero-order valence-corrected chi connectivity index (χ0v) is 7.68. The molecule has 0 saturated heterocycles. The molecule has 0 unspecified atom stereocenters. The van der Waals surface area contributed by atoms with E-state index >= 15 is 0 Å². The first-order valence-electron chi connectivity index (χ1n) is 4.02. The Labute approximate surface area is 64.4 Å². The summed E-state index contributed by atoms with van der Waals surface area (Å²) in [6, 6.07) is 0. The van der Waals surface area contributed by atoms with Crippen LogP contribution in [0.15, 0.2) is 0 Å². The summed E-state index contributed by atoms with van der Waals surface area (Å²) in [7, 11) is 4.39. The molecule has 0 aromatic rings. The van der Waals surface area contributed by atoms with Crippen molar-refractivity contribution in [2.24, 2.45) is 0 Å². The lowest BCUT2D eigenvalue weighted by atomic mass is 10.4. The SMILES string of the molecule is CCC[N+](C)(C)COCC. The van der Waals surface area contributed by atoms with Crippen LogP contribution in [0.4, 0.5) is 0 Å². The molecule has 0 amide bonds. The fourth-order valence-electron chi connectivity index (χ4n) is 1.01. The number of nitrogens with zero attached hydrogens (tertiary/aromatic N) is 1. The van der Waals surface area contributed by atoms with Crippen molar-refractivity contribution in [1.29, 1.82) is 0 Å². The van der Waals surface area contributed by atoms with Gasteiger partial charge < -0.3 is 9.22 Å². The predicted octanol–water partition coefficient (Wildman–Crippen LogP) is 1.47. The average Bonchev–Trinajstić information content (AvgIpc) is 1.84. The van der Waals surface area contributed by atoms with E-state index in [0.717, 1.165) is 17.8 Å². The van der Waals surface area contributed by atoms with E-state index in [2.05, 4.69) is 21.0 Å². The minimum Gasteiger partial charge on any atom is -0.332 e. The van der Waals surface area contributed by atoms with Crippen molar-refractivity contribution in [1.82, 2.24) is 0 Å². The van der Waals surface area contributed by atoms with Crippen molar-refractivity contribution in [3.63, 3.8) is 0 Å². The molecule has 0 fully saturated rings. The molecule has 0 spiro atoms. The summed E-state index contributed by atoms with van der Waals surface area (Å²) >= 11 is 0. The van der Waals surface area contributed by atoms with Crippen molar-refractivity contribution < 1.29 is 9.22 Å². The lowest BCUT2D eigenvalue weighted by Crippen LogP contribution is -2.42. The molecular formula is C8H20NO+. The third-order valence-electron chi connectivity index (χ3n) is 1.47. The van der Waals surface area contributed by atoms with E-state index in [4.69, 9.17) is 4.74 Å². The van der Waals surface area contributed by atoms with Gasteiger partial charge in [-0.15, -0.1) is 0 Å². The molecular weight excluding hydrogens is 126 g/mol. The first-order chi connectivity index (χ1) is 4.62. The Balaban J connectivity index is 3.42. The Bertz CT molecular complexity index is 81.3. The van der Waals surface area contributed by atoms with E-state index in [0.29, 0.717) is 0 Å². The number of ether oxygens (including phenoxy) is 1. The summed E-state index contributed by atoms with van der Waals surface area (Å²) in [4.78, 5) is 0. The van der Waals surface area contributed by atoms with E-state index in [9.17, 15) is 0 Å². The molecule has 0 aromatic heterocycles. The fourth-order valence-corrected chi connectivity index (χ4v) is 1.01. The normalized spacial score (nSPS) is 12.0. The largest absolute Gasteiger partial charge is 0.332 e. The molecule has 0 saturated carbocycles. The number of hydrogen-bond acceptors (Lipinski definition) is 1. The standard InChI is InChI=1S/C8H20NO/c1-5-7-9(3,4)8-10-6-2/h5-8H2,1-4H3/q+1. The molecule has 0 heterocycles. The maximum atomic E-state index is 5.32. The van der Waals surface area contributed by atoms with Gasteiger partial charge in [-0.2, -0.15) is 0 Å². The van der Waals surface area contributed by atoms with Crippen molar-refractivity contribution >= 4 is 0 Å². The van der Waals surface area contributed by atoms with Crippen molar-refractivity contribution in [2.75, 3.05) is 34.0 Å². The first-order valence-corrected chi connectivity index (χ1v) is 4.02. The number of rotatable bonds is 5. The Morgan fingerprint density at radius 3 is 2.20 bits per heavy atom. The van der Waals surface area contributed by atoms with Gasteiger partial charge in [-0.3, -0.25) is 0 Å². The van der Waals surface area contributed by atoms with Crippen LogP contribution in [-0.4, -0.2) is 38.5 Å². The molecule has 10 heavy (non-hydrogen) atoms. The zero-order chi connectivity index (χ0) is 8.04. The van der Waals surface area contributed by atoms with Crippen LogP contribution in [0, 0.1) is 0 Å². The van der Waals surface area contributed by atoms with Crippen molar-refractivity contribution in [3.8, 4) is 0 Å². The molecule has 2 nitrogen and oxygen atoms in total. The summed E-state index contributed by atoms with van der Waals surface area (Å²) in [5.41, 5.74) is 0. The van der Waals surface area contributed by atoms with Crippen LogP contribution in [0.25, 0.3) is 0 Å². The van der Waals surface area contributed by atoms with Gasteiger partial charge in [0, 0.05) is 6.61 Å². The number of quaternary nitrogens is 1. The minimum absolute atomic E-state index is 0.825. The Morgan fingerprint density at radius 1 is 1.20 bits per heavy atom. The van der Waals surface area contributed by atoms with Crippen LogP contribution in [0.3, 0.4) is 0 Å². The topological polar surface area (TPSA) is 9.23 Å². The van der Waals surface area contributed by atoms with Gasteiger partial charge in [0.05, 0.1) is 20.6 Å². The first kappa shape index (κ1) is 9.92. The minimum atomic E-state index is 0.825. The summed E-state index contributed by atoms with van der Waals surface area (Å²) < 4.78 is 6.30. The van der Waals surface area contributed by atoms with E-state index in [1.807, 2.05) is 6.92 Å². The highest BCUT2D eigenvalue weighted by molar-refractivity contribution is 4.24. The molecule has 0 aliphatic heterocycles. The second-order valence-corrected chi connectivity index (χ2v) is 3.28. The van der Waals surface area contributed by atoms with Gasteiger partial charge in [-0.25, -0.2) is 0 Å². The summed E-state index contributed by atoms with van der Waals surface area (Å²) in [6.45, 7) is 7.09. The van der Waals surface area contributed by atoms with Crippen LogP contribution in [-0.2, 0) is 4.74 Å². The molecule has 2 heteroatoms. The lowest BCUT2D eigenvalue weighted by Gasteiger charge is -2.28. The smallest absolute Gasteiger partial charge is 0.182 e. The summed E-state index contributed by atoms with van der Waals surface area (Å²) in [5.74, 6) is 0. The Morgan fingerprint density at radius 2 is 1.80 bits per heavy atom. The molecule has 0 aliphatic rings.